The molecule has 0 unspecified atom stereocenters. The minimum atomic E-state index is -3.40. The largest absolute Gasteiger partial charge is 0.302 e. The Bertz CT molecular complexity index is 898. The summed E-state index contributed by atoms with van der Waals surface area (Å²) in [4.78, 5) is 4.58. The Morgan fingerprint density at radius 2 is 2.10 bits per heavy atom. The number of pyridine rings is 1. The second-order valence-corrected chi connectivity index (χ2v) is 8.07. The Morgan fingerprint density at radius 1 is 1.19 bits per heavy atom. The molecule has 0 N–H and O–H groups in total. The summed E-state index contributed by atoms with van der Waals surface area (Å²) in [6.07, 6.45) is 2.59. The smallest absolute Gasteiger partial charge is 0.252 e. The quantitative estimate of drug-likeness (QED) is 0.727. The number of sulfonamides is 1. The monoisotopic (exact) mass is 319 g/mol. The van der Waals surface area contributed by atoms with Gasteiger partial charge in [-0.15, -0.1) is 11.3 Å². The van der Waals surface area contributed by atoms with Crippen molar-refractivity contribution in [1.29, 1.82) is 0 Å². The molecule has 0 spiro atoms. The summed E-state index contributed by atoms with van der Waals surface area (Å²) in [7, 11) is -3.40. The average Bonchev–Trinajstić information content (AvgIpc) is 3.14. The molecule has 108 valence electrons. The topological polar surface area (TPSA) is 54.7 Å². The zero-order valence-corrected chi connectivity index (χ0v) is 12.8. The van der Waals surface area contributed by atoms with Crippen LogP contribution in [-0.4, -0.2) is 28.7 Å². The van der Waals surface area contributed by atoms with Gasteiger partial charge in [0.2, 0.25) is 0 Å². The third-order valence-electron chi connectivity index (χ3n) is 3.73. The number of hydrogen-bond acceptors (Lipinski definition) is 4. The van der Waals surface area contributed by atoms with Gasteiger partial charge in [0, 0.05) is 19.2 Å². The van der Waals surface area contributed by atoms with E-state index in [-0.39, 0.29) is 0 Å². The van der Waals surface area contributed by atoms with Crippen molar-refractivity contribution in [2.75, 3.05) is 6.54 Å². The first kappa shape index (κ1) is 13.0. The summed E-state index contributed by atoms with van der Waals surface area (Å²) in [6, 6.07) is 9.23. The normalized spacial score (nSPS) is 16.2. The minimum absolute atomic E-state index is 0.376. The van der Waals surface area contributed by atoms with Gasteiger partial charge < -0.3 is 4.40 Å². The SMILES string of the molecule is O=S(=O)(c1cccs1)N1CCc2nc3ccccn3c2C1. The zero-order valence-electron chi connectivity index (χ0n) is 11.1. The number of imidazole rings is 1. The molecule has 0 fully saturated rings. The highest BCUT2D eigenvalue weighted by Gasteiger charge is 2.31. The Labute approximate surface area is 126 Å². The fourth-order valence-corrected chi connectivity index (χ4v) is 5.23. The number of hydrogen-bond donors (Lipinski definition) is 0. The maximum absolute atomic E-state index is 12.6. The Balaban J connectivity index is 1.77. The molecule has 3 aromatic heterocycles. The fourth-order valence-electron chi connectivity index (χ4n) is 2.68. The molecular weight excluding hydrogens is 306 g/mol. The molecule has 1 aliphatic heterocycles. The first-order valence-corrected chi connectivity index (χ1v) is 8.97. The second kappa shape index (κ2) is 4.66. The van der Waals surface area contributed by atoms with Crippen molar-refractivity contribution in [2.45, 2.75) is 17.2 Å². The van der Waals surface area contributed by atoms with E-state index in [1.54, 1.807) is 21.8 Å². The lowest BCUT2D eigenvalue weighted by molar-refractivity contribution is 0.384. The van der Waals surface area contributed by atoms with Gasteiger partial charge in [-0.2, -0.15) is 4.31 Å². The molecule has 7 heteroatoms. The molecule has 5 nitrogen and oxygen atoms in total. The van der Waals surface area contributed by atoms with Gasteiger partial charge in [0.25, 0.3) is 10.0 Å². The van der Waals surface area contributed by atoms with Crippen LogP contribution in [0.15, 0.2) is 46.1 Å². The van der Waals surface area contributed by atoms with Crippen LogP contribution in [-0.2, 0) is 23.0 Å². The molecule has 0 aliphatic carbocycles. The van der Waals surface area contributed by atoms with E-state index in [0.29, 0.717) is 23.7 Å². The Kier molecular flexibility index (Phi) is 2.88. The molecule has 3 aromatic rings. The number of aromatic nitrogens is 2. The number of thiophene rings is 1. The maximum Gasteiger partial charge on any atom is 0.252 e. The van der Waals surface area contributed by atoms with Crippen LogP contribution in [0.3, 0.4) is 0 Å². The van der Waals surface area contributed by atoms with Crippen LogP contribution in [0.25, 0.3) is 5.65 Å². The second-order valence-electron chi connectivity index (χ2n) is 4.95. The van der Waals surface area contributed by atoms with Crippen molar-refractivity contribution >= 4 is 27.0 Å². The molecule has 0 aromatic carbocycles. The van der Waals surface area contributed by atoms with E-state index in [9.17, 15) is 8.42 Å². The predicted molar refractivity (Wildman–Crippen MR) is 80.8 cm³/mol. The van der Waals surface area contributed by atoms with E-state index >= 15 is 0 Å². The van der Waals surface area contributed by atoms with Crippen molar-refractivity contribution in [3.63, 3.8) is 0 Å². The van der Waals surface area contributed by atoms with Crippen molar-refractivity contribution in [1.82, 2.24) is 13.7 Å². The summed E-state index contributed by atoms with van der Waals surface area (Å²) < 4.78 is 29.2. The summed E-state index contributed by atoms with van der Waals surface area (Å²) in [6.45, 7) is 0.859. The van der Waals surface area contributed by atoms with E-state index in [4.69, 9.17) is 0 Å². The standard InChI is InChI=1S/C14H13N3O2S2/c18-21(19,14-5-3-9-20-14)16-8-6-11-12(10-16)17-7-2-1-4-13(17)15-11/h1-5,7,9H,6,8,10H2. The molecule has 0 amide bonds. The lowest BCUT2D eigenvalue weighted by Crippen LogP contribution is -2.36. The molecule has 0 atom stereocenters. The van der Waals surface area contributed by atoms with Crippen LogP contribution in [0.1, 0.15) is 11.4 Å². The molecular formula is C14H13N3O2S2. The van der Waals surface area contributed by atoms with Crippen molar-refractivity contribution in [2.24, 2.45) is 0 Å². The highest BCUT2D eigenvalue weighted by Crippen LogP contribution is 2.27. The molecule has 0 bridgehead atoms. The van der Waals surface area contributed by atoms with Crippen LogP contribution in [0.4, 0.5) is 0 Å². The summed E-state index contributed by atoms with van der Waals surface area (Å²) >= 11 is 1.26. The molecule has 1 aliphatic rings. The van der Waals surface area contributed by atoms with Crippen LogP contribution >= 0.6 is 11.3 Å². The van der Waals surface area contributed by atoms with E-state index < -0.39 is 10.0 Å². The van der Waals surface area contributed by atoms with Gasteiger partial charge in [0.1, 0.15) is 9.86 Å². The Morgan fingerprint density at radius 3 is 2.90 bits per heavy atom. The molecule has 4 rings (SSSR count). The lowest BCUT2D eigenvalue weighted by atomic mass is 10.2. The van der Waals surface area contributed by atoms with Gasteiger partial charge in [-0.05, 0) is 23.6 Å². The first-order chi connectivity index (χ1) is 10.2. The van der Waals surface area contributed by atoms with E-state index in [1.165, 1.54) is 11.3 Å². The van der Waals surface area contributed by atoms with Crippen LogP contribution < -0.4 is 0 Å². The maximum atomic E-state index is 12.6. The number of nitrogens with zero attached hydrogens (tertiary/aromatic N) is 3. The van der Waals surface area contributed by atoms with Gasteiger partial charge in [-0.1, -0.05) is 12.1 Å². The van der Waals surface area contributed by atoms with Crippen LogP contribution in [0.5, 0.6) is 0 Å². The summed E-state index contributed by atoms with van der Waals surface area (Å²) in [5.41, 5.74) is 2.84. The van der Waals surface area contributed by atoms with E-state index in [1.807, 2.05) is 28.8 Å². The molecule has 0 radical (unpaired) electrons. The van der Waals surface area contributed by atoms with Crippen molar-refractivity contribution in [3.05, 3.63) is 53.3 Å². The third kappa shape index (κ3) is 2.00. The van der Waals surface area contributed by atoms with E-state index in [2.05, 4.69) is 4.98 Å². The summed E-state index contributed by atoms with van der Waals surface area (Å²) in [5.74, 6) is 0. The van der Waals surface area contributed by atoms with Crippen LogP contribution in [0.2, 0.25) is 0 Å². The first-order valence-electron chi connectivity index (χ1n) is 6.65. The lowest BCUT2D eigenvalue weighted by Gasteiger charge is -2.25. The van der Waals surface area contributed by atoms with Crippen molar-refractivity contribution in [3.8, 4) is 0 Å². The zero-order chi connectivity index (χ0) is 14.4. The Hall–Kier alpha value is -1.70. The van der Waals surface area contributed by atoms with Crippen LogP contribution in [0, 0.1) is 0 Å². The predicted octanol–water partition coefficient (Wildman–Crippen LogP) is 2.14. The minimum Gasteiger partial charge on any atom is -0.302 e. The van der Waals surface area contributed by atoms with E-state index in [0.717, 1.165) is 17.0 Å². The highest BCUT2D eigenvalue weighted by atomic mass is 32.2. The molecule has 0 saturated carbocycles. The molecule has 21 heavy (non-hydrogen) atoms. The van der Waals surface area contributed by atoms with Gasteiger partial charge >= 0.3 is 0 Å². The van der Waals surface area contributed by atoms with Gasteiger partial charge in [-0.3, -0.25) is 0 Å². The van der Waals surface area contributed by atoms with Gasteiger partial charge in [-0.25, -0.2) is 13.4 Å². The third-order valence-corrected chi connectivity index (χ3v) is 6.94. The van der Waals surface area contributed by atoms with Gasteiger partial charge in [0.15, 0.2) is 0 Å². The molecule has 0 saturated heterocycles. The summed E-state index contributed by atoms with van der Waals surface area (Å²) in [5, 5.41) is 1.79. The number of fused-ring (bicyclic) bond motifs is 3. The van der Waals surface area contributed by atoms with Gasteiger partial charge in [0.05, 0.1) is 17.9 Å². The highest BCUT2D eigenvalue weighted by molar-refractivity contribution is 7.91. The molecule has 4 heterocycles. The van der Waals surface area contributed by atoms with Crippen molar-refractivity contribution < 1.29 is 8.42 Å². The number of rotatable bonds is 2. The fraction of sp³-hybridized carbons (Fsp3) is 0.214. The average molecular weight is 319 g/mol.